The minimum absolute atomic E-state index is 0.0924. The highest BCUT2D eigenvalue weighted by molar-refractivity contribution is 9.10. The molecule has 1 amide bonds. The Hall–Kier alpha value is -1.03. The summed E-state index contributed by atoms with van der Waals surface area (Å²) in [7, 11) is 0. The van der Waals surface area contributed by atoms with Gasteiger partial charge in [0.1, 0.15) is 5.75 Å². The fourth-order valence-electron chi connectivity index (χ4n) is 2.04. The van der Waals surface area contributed by atoms with E-state index in [2.05, 4.69) is 43.6 Å². The summed E-state index contributed by atoms with van der Waals surface area (Å²) in [5.74, 6) is 1.36. The van der Waals surface area contributed by atoms with Crippen LogP contribution in [0.3, 0.4) is 0 Å². The van der Waals surface area contributed by atoms with Crippen molar-refractivity contribution in [3.8, 4) is 5.75 Å². The van der Waals surface area contributed by atoms with Crippen molar-refractivity contribution in [3.05, 3.63) is 28.2 Å². The molecule has 0 radical (unpaired) electrons. The average Bonchev–Trinajstić information content (AvgIpc) is 2.44. The number of rotatable bonds is 8. The first-order valence-electron chi connectivity index (χ1n) is 7.71. The molecule has 118 valence electrons. The van der Waals surface area contributed by atoms with Gasteiger partial charge in [0.2, 0.25) is 0 Å². The molecule has 0 unspecified atom stereocenters. The van der Waals surface area contributed by atoms with Gasteiger partial charge < -0.3 is 9.64 Å². The molecular weight excluding hydrogens is 330 g/mol. The van der Waals surface area contributed by atoms with Crippen LogP contribution in [0, 0.1) is 5.92 Å². The zero-order valence-electron chi connectivity index (χ0n) is 13.5. The number of amides is 1. The number of ether oxygens (including phenoxy) is 1. The maximum Gasteiger partial charge on any atom is 0.253 e. The van der Waals surface area contributed by atoms with E-state index in [1.54, 1.807) is 0 Å². The van der Waals surface area contributed by atoms with Crippen LogP contribution in [0.5, 0.6) is 5.75 Å². The number of hydrogen-bond acceptors (Lipinski definition) is 2. The number of benzene rings is 1. The van der Waals surface area contributed by atoms with Gasteiger partial charge in [0.15, 0.2) is 0 Å². The van der Waals surface area contributed by atoms with Crippen molar-refractivity contribution >= 4 is 21.8 Å². The Labute approximate surface area is 136 Å². The van der Waals surface area contributed by atoms with Crippen LogP contribution in [0.15, 0.2) is 22.7 Å². The van der Waals surface area contributed by atoms with Crippen LogP contribution in [0.1, 0.15) is 50.9 Å². The zero-order chi connectivity index (χ0) is 15.8. The predicted molar refractivity (Wildman–Crippen MR) is 91.0 cm³/mol. The Bertz CT molecular complexity index is 454. The minimum atomic E-state index is 0.0924. The summed E-state index contributed by atoms with van der Waals surface area (Å²) in [6.45, 7) is 10.7. The average molecular weight is 356 g/mol. The van der Waals surface area contributed by atoms with Crippen LogP contribution in [0.4, 0.5) is 0 Å². The normalized spacial score (nSPS) is 10.8. The lowest BCUT2D eigenvalue weighted by Crippen LogP contribution is -2.32. The zero-order valence-corrected chi connectivity index (χ0v) is 15.1. The van der Waals surface area contributed by atoms with Gasteiger partial charge in [0.05, 0.1) is 11.1 Å². The highest BCUT2D eigenvalue weighted by Gasteiger charge is 2.15. The lowest BCUT2D eigenvalue weighted by molar-refractivity contribution is 0.0755. The maximum absolute atomic E-state index is 12.5. The van der Waals surface area contributed by atoms with Crippen molar-refractivity contribution in [3.63, 3.8) is 0 Å². The van der Waals surface area contributed by atoms with Gasteiger partial charge in [-0.3, -0.25) is 4.79 Å². The second kappa shape index (κ2) is 9.08. The van der Waals surface area contributed by atoms with Crippen LogP contribution in [-0.2, 0) is 0 Å². The second-order valence-electron chi connectivity index (χ2n) is 5.64. The van der Waals surface area contributed by atoms with E-state index in [1.165, 1.54) is 0 Å². The van der Waals surface area contributed by atoms with Gasteiger partial charge in [-0.1, -0.05) is 27.7 Å². The molecule has 0 fully saturated rings. The van der Waals surface area contributed by atoms with Gasteiger partial charge in [-0.15, -0.1) is 0 Å². The molecular formula is C17H26BrNO2. The van der Waals surface area contributed by atoms with Crippen LogP contribution < -0.4 is 4.74 Å². The molecule has 1 aromatic rings. The highest BCUT2D eigenvalue weighted by atomic mass is 79.9. The van der Waals surface area contributed by atoms with Gasteiger partial charge in [0.25, 0.3) is 5.91 Å². The number of carbonyl (C=O) groups is 1. The van der Waals surface area contributed by atoms with E-state index in [1.807, 2.05) is 23.1 Å². The predicted octanol–water partition coefficient (Wildman–Crippen LogP) is 4.75. The number of hydrogen-bond donors (Lipinski definition) is 0. The summed E-state index contributed by atoms with van der Waals surface area (Å²) in [5, 5.41) is 0. The van der Waals surface area contributed by atoms with Crippen LogP contribution in [-0.4, -0.2) is 30.5 Å². The summed E-state index contributed by atoms with van der Waals surface area (Å²) >= 11 is 3.50. The molecule has 21 heavy (non-hydrogen) atoms. The van der Waals surface area contributed by atoms with E-state index in [9.17, 15) is 4.79 Å². The van der Waals surface area contributed by atoms with E-state index in [-0.39, 0.29) is 5.91 Å². The largest absolute Gasteiger partial charge is 0.492 e. The van der Waals surface area contributed by atoms with Gasteiger partial charge in [-0.05, 0) is 52.9 Å². The molecule has 1 aromatic carbocycles. The Morgan fingerprint density at radius 1 is 1.24 bits per heavy atom. The highest BCUT2D eigenvalue weighted by Crippen LogP contribution is 2.27. The summed E-state index contributed by atoms with van der Waals surface area (Å²) in [5.41, 5.74) is 0.709. The van der Waals surface area contributed by atoms with Crippen molar-refractivity contribution in [2.45, 2.75) is 40.5 Å². The third-order valence-corrected chi connectivity index (χ3v) is 3.64. The fraction of sp³-hybridized carbons (Fsp3) is 0.588. The molecule has 0 spiro atoms. The second-order valence-corrected chi connectivity index (χ2v) is 6.50. The SMILES string of the molecule is CCCN(CCC)C(=O)c1ccc(OCC(C)C)c(Br)c1. The standard InChI is InChI=1S/C17H26BrNO2/c1-5-9-19(10-6-2)17(20)14-7-8-16(15(18)11-14)21-12-13(3)4/h7-8,11,13H,5-6,9-10,12H2,1-4H3. The van der Waals surface area contributed by atoms with E-state index < -0.39 is 0 Å². The molecule has 0 aliphatic rings. The molecule has 0 saturated carbocycles. The third kappa shape index (κ3) is 5.70. The van der Waals surface area contributed by atoms with Crippen molar-refractivity contribution in [2.75, 3.05) is 19.7 Å². The molecule has 3 nitrogen and oxygen atoms in total. The van der Waals surface area contributed by atoms with E-state index >= 15 is 0 Å². The van der Waals surface area contributed by atoms with Crippen LogP contribution in [0.2, 0.25) is 0 Å². The Kier molecular flexibility index (Phi) is 7.79. The number of carbonyl (C=O) groups excluding carboxylic acids is 1. The van der Waals surface area contributed by atoms with Crippen molar-refractivity contribution in [1.29, 1.82) is 0 Å². The first kappa shape index (κ1) is 18.0. The van der Waals surface area contributed by atoms with Gasteiger partial charge in [-0.25, -0.2) is 0 Å². The molecule has 0 heterocycles. The van der Waals surface area contributed by atoms with Gasteiger partial charge in [-0.2, -0.15) is 0 Å². The molecule has 0 saturated heterocycles. The first-order valence-corrected chi connectivity index (χ1v) is 8.50. The molecule has 0 N–H and O–H groups in total. The van der Waals surface area contributed by atoms with Crippen molar-refractivity contribution in [2.24, 2.45) is 5.92 Å². The van der Waals surface area contributed by atoms with Crippen LogP contribution in [0.25, 0.3) is 0 Å². The van der Waals surface area contributed by atoms with Gasteiger partial charge >= 0.3 is 0 Å². The minimum Gasteiger partial charge on any atom is -0.492 e. The summed E-state index contributed by atoms with van der Waals surface area (Å²) < 4.78 is 6.55. The topological polar surface area (TPSA) is 29.5 Å². The Morgan fingerprint density at radius 3 is 2.33 bits per heavy atom. The lowest BCUT2D eigenvalue weighted by atomic mass is 10.1. The van der Waals surface area contributed by atoms with Gasteiger partial charge in [0, 0.05) is 18.7 Å². The smallest absolute Gasteiger partial charge is 0.253 e. The first-order chi connectivity index (χ1) is 9.99. The van der Waals surface area contributed by atoms with E-state index in [4.69, 9.17) is 4.74 Å². The number of halogens is 1. The monoisotopic (exact) mass is 355 g/mol. The molecule has 0 aliphatic heterocycles. The Morgan fingerprint density at radius 2 is 1.86 bits per heavy atom. The molecule has 0 aromatic heterocycles. The Balaban J connectivity index is 2.83. The lowest BCUT2D eigenvalue weighted by Gasteiger charge is -2.22. The van der Waals surface area contributed by atoms with Crippen molar-refractivity contribution < 1.29 is 9.53 Å². The fourth-order valence-corrected chi connectivity index (χ4v) is 2.54. The summed E-state index contributed by atoms with van der Waals surface area (Å²) in [4.78, 5) is 14.4. The summed E-state index contributed by atoms with van der Waals surface area (Å²) in [6.07, 6.45) is 1.95. The quantitative estimate of drug-likeness (QED) is 0.673. The maximum atomic E-state index is 12.5. The van der Waals surface area contributed by atoms with Crippen LogP contribution >= 0.6 is 15.9 Å². The van der Waals surface area contributed by atoms with Crippen molar-refractivity contribution in [1.82, 2.24) is 4.90 Å². The van der Waals surface area contributed by atoms with E-state index in [0.29, 0.717) is 18.1 Å². The summed E-state index contributed by atoms with van der Waals surface area (Å²) in [6, 6.07) is 5.58. The molecule has 4 heteroatoms. The molecule has 0 atom stereocenters. The third-order valence-electron chi connectivity index (χ3n) is 3.03. The molecule has 0 bridgehead atoms. The number of nitrogens with zero attached hydrogens (tertiary/aromatic N) is 1. The molecule has 0 aliphatic carbocycles. The van der Waals surface area contributed by atoms with E-state index in [0.717, 1.165) is 36.2 Å². The molecule has 1 rings (SSSR count).